The van der Waals surface area contributed by atoms with Crippen molar-refractivity contribution in [2.75, 3.05) is 0 Å². The van der Waals surface area contributed by atoms with Gasteiger partial charge in [0, 0.05) is 17.2 Å². The Kier molecular flexibility index (Phi) is 4.53. The fourth-order valence-corrected chi connectivity index (χ4v) is 3.04. The Labute approximate surface area is 145 Å². The smallest absolute Gasteiger partial charge is 0.0705 e. The van der Waals surface area contributed by atoms with E-state index in [0.29, 0.717) is 5.92 Å². The van der Waals surface area contributed by atoms with Gasteiger partial charge < -0.3 is 0 Å². The number of aromatic nitrogens is 1. The molecule has 0 aliphatic rings. The van der Waals surface area contributed by atoms with Crippen LogP contribution in [0.2, 0.25) is 0 Å². The first-order valence-corrected chi connectivity index (χ1v) is 8.61. The van der Waals surface area contributed by atoms with Gasteiger partial charge in [0.1, 0.15) is 0 Å². The average molecular weight is 315 g/mol. The molecule has 2 aromatic carbocycles. The van der Waals surface area contributed by atoms with Crippen LogP contribution in [0, 0.1) is 0 Å². The van der Waals surface area contributed by atoms with E-state index >= 15 is 0 Å². The van der Waals surface area contributed by atoms with Crippen molar-refractivity contribution in [1.82, 2.24) is 4.98 Å². The fourth-order valence-electron chi connectivity index (χ4n) is 3.04. The predicted molar refractivity (Wildman–Crippen MR) is 102 cm³/mol. The van der Waals surface area contributed by atoms with Crippen LogP contribution in [-0.4, -0.2) is 4.98 Å². The average Bonchev–Trinajstić information content (AvgIpc) is 2.62. The quantitative estimate of drug-likeness (QED) is 0.558. The van der Waals surface area contributed by atoms with E-state index in [0.717, 1.165) is 5.69 Å². The maximum Gasteiger partial charge on any atom is 0.0705 e. The van der Waals surface area contributed by atoms with Gasteiger partial charge in [-0.15, -0.1) is 0 Å². The first-order valence-electron chi connectivity index (χ1n) is 8.61. The molecule has 122 valence electrons. The number of benzene rings is 2. The summed E-state index contributed by atoms with van der Waals surface area (Å²) < 4.78 is 0. The number of rotatable bonds is 4. The molecule has 0 aliphatic heterocycles. The Bertz CT molecular complexity index is 799. The van der Waals surface area contributed by atoms with E-state index in [9.17, 15) is 0 Å². The topological polar surface area (TPSA) is 12.9 Å². The summed E-state index contributed by atoms with van der Waals surface area (Å²) in [6, 6.07) is 23.8. The fraction of sp³-hybridized carbons (Fsp3) is 0.261. The highest BCUT2D eigenvalue weighted by Gasteiger charge is 2.23. The summed E-state index contributed by atoms with van der Waals surface area (Å²) in [7, 11) is 0. The lowest BCUT2D eigenvalue weighted by molar-refractivity contribution is 0.640. The molecular formula is C23H25N. The molecule has 0 bridgehead atoms. The van der Waals surface area contributed by atoms with Crippen LogP contribution >= 0.6 is 0 Å². The molecule has 1 nitrogen and oxygen atoms in total. The normalized spacial score (nSPS) is 11.7. The van der Waals surface area contributed by atoms with Gasteiger partial charge in [0.15, 0.2) is 0 Å². The van der Waals surface area contributed by atoms with Crippen molar-refractivity contribution >= 4 is 0 Å². The van der Waals surface area contributed by atoms with Crippen LogP contribution in [-0.2, 0) is 5.41 Å². The molecule has 3 aromatic rings. The van der Waals surface area contributed by atoms with Gasteiger partial charge in [0.25, 0.3) is 0 Å². The first kappa shape index (κ1) is 16.4. The van der Waals surface area contributed by atoms with Crippen LogP contribution < -0.4 is 0 Å². The lowest BCUT2D eigenvalue weighted by atomic mass is 9.78. The van der Waals surface area contributed by atoms with Gasteiger partial charge in [-0.05, 0) is 34.7 Å². The molecule has 0 radical (unpaired) electrons. The van der Waals surface area contributed by atoms with Gasteiger partial charge in [-0.2, -0.15) is 0 Å². The van der Waals surface area contributed by atoms with Crippen molar-refractivity contribution in [2.24, 2.45) is 0 Å². The van der Waals surface area contributed by atoms with E-state index in [1.54, 1.807) is 0 Å². The highest BCUT2D eigenvalue weighted by molar-refractivity contribution is 5.61. The zero-order valence-electron chi connectivity index (χ0n) is 15.0. The minimum atomic E-state index is -0.0448. The Morgan fingerprint density at radius 3 is 2.08 bits per heavy atom. The maximum atomic E-state index is 4.59. The molecular weight excluding hydrogens is 290 g/mol. The molecule has 0 unspecified atom stereocenters. The summed E-state index contributed by atoms with van der Waals surface area (Å²) in [6.07, 6.45) is 1.92. The highest BCUT2D eigenvalue weighted by Crippen LogP contribution is 2.33. The van der Waals surface area contributed by atoms with Crippen LogP contribution in [0.25, 0.3) is 11.3 Å². The Hall–Kier alpha value is -2.41. The standard InChI is InChI=1S/C23H25N/c1-17(2)18-10-12-19(13-11-18)22-16-21(14-15-24-22)23(3,4)20-8-6-5-7-9-20/h5-17H,1-4H3. The number of pyridine rings is 1. The largest absolute Gasteiger partial charge is 0.256 e. The molecule has 3 rings (SSSR count). The lowest BCUT2D eigenvalue weighted by Gasteiger charge is -2.26. The van der Waals surface area contributed by atoms with Gasteiger partial charge in [0.2, 0.25) is 0 Å². The molecule has 0 atom stereocenters. The van der Waals surface area contributed by atoms with Gasteiger partial charge in [-0.25, -0.2) is 0 Å². The monoisotopic (exact) mass is 315 g/mol. The zero-order chi connectivity index (χ0) is 17.2. The summed E-state index contributed by atoms with van der Waals surface area (Å²) in [5.74, 6) is 0.551. The number of hydrogen-bond donors (Lipinski definition) is 0. The molecule has 0 amide bonds. The third-order valence-corrected chi connectivity index (χ3v) is 4.85. The first-order chi connectivity index (χ1) is 11.5. The maximum absolute atomic E-state index is 4.59. The van der Waals surface area contributed by atoms with Crippen LogP contribution in [0.3, 0.4) is 0 Å². The Morgan fingerprint density at radius 1 is 0.792 bits per heavy atom. The molecule has 0 saturated carbocycles. The molecule has 0 N–H and O–H groups in total. The van der Waals surface area contributed by atoms with Crippen LogP contribution in [0.4, 0.5) is 0 Å². The summed E-state index contributed by atoms with van der Waals surface area (Å²) in [5.41, 5.74) is 6.12. The second kappa shape index (κ2) is 6.60. The molecule has 0 saturated heterocycles. The van der Waals surface area contributed by atoms with Crippen molar-refractivity contribution < 1.29 is 0 Å². The second-order valence-corrected chi connectivity index (χ2v) is 7.20. The lowest BCUT2D eigenvalue weighted by Crippen LogP contribution is -2.18. The minimum Gasteiger partial charge on any atom is -0.256 e. The van der Waals surface area contributed by atoms with Crippen LogP contribution in [0.15, 0.2) is 72.9 Å². The van der Waals surface area contributed by atoms with E-state index < -0.39 is 0 Å². The Balaban J connectivity index is 1.97. The third-order valence-electron chi connectivity index (χ3n) is 4.85. The van der Waals surface area contributed by atoms with E-state index in [1.807, 2.05) is 6.20 Å². The van der Waals surface area contributed by atoms with E-state index in [-0.39, 0.29) is 5.41 Å². The van der Waals surface area contributed by atoms with E-state index in [4.69, 9.17) is 0 Å². The van der Waals surface area contributed by atoms with Crippen molar-refractivity contribution in [3.8, 4) is 11.3 Å². The zero-order valence-corrected chi connectivity index (χ0v) is 15.0. The van der Waals surface area contributed by atoms with Gasteiger partial charge in [-0.1, -0.05) is 82.3 Å². The van der Waals surface area contributed by atoms with Gasteiger partial charge in [0.05, 0.1) is 5.69 Å². The summed E-state index contributed by atoms with van der Waals surface area (Å²) in [4.78, 5) is 4.59. The van der Waals surface area contributed by atoms with E-state index in [2.05, 4.69) is 99.4 Å². The molecule has 0 aliphatic carbocycles. The van der Waals surface area contributed by atoms with Crippen molar-refractivity contribution in [1.29, 1.82) is 0 Å². The van der Waals surface area contributed by atoms with E-state index in [1.165, 1.54) is 22.3 Å². The minimum absolute atomic E-state index is 0.0448. The molecule has 1 aromatic heterocycles. The SMILES string of the molecule is CC(C)c1ccc(-c2cc(C(C)(C)c3ccccc3)ccn2)cc1. The summed E-state index contributed by atoms with van der Waals surface area (Å²) in [6.45, 7) is 8.97. The second-order valence-electron chi connectivity index (χ2n) is 7.20. The summed E-state index contributed by atoms with van der Waals surface area (Å²) in [5, 5.41) is 0. The van der Waals surface area contributed by atoms with Crippen LogP contribution in [0.1, 0.15) is 50.3 Å². The van der Waals surface area contributed by atoms with Crippen molar-refractivity contribution in [3.63, 3.8) is 0 Å². The van der Waals surface area contributed by atoms with Gasteiger partial charge in [-0.3, -0.25) is 4.98 Å². The third kappa shape index (κ3) is 3.26. The summed E-state index contributed by atoms with van der Waals surface area (Å²) >= 11 is 0. The molecule has 0 spiro atoms. The number of hydrogen-bond acceptors (Lipinski definition) is 1. The highest BCUT2D eigenvalue weighted by atomic mass is 14.7. The van der Waals surface area contributed by atoms with Crippen LogP contribution in [0.5, 0.6) is 0 Å². The van der Waals surface area contributed by atoms with Crippen molar-refractivity contribution in [3.05, 3.63) is 89.6 Å². The molecule has 24 heavy (non-hydrogen) atoms. The predicted octanol–water partition coefficient (Wildman–Crippen LogP) is 6.20. The number of nitrogens with zero attached hydrogens (tertiary/aromatic N) is 1. The molecule has 1 heteroatoms. The molecule has 0 fully saturated rings. The van der Waals surface area contributed by atoms with Gasteiger partial charge >= 0.3 is 0 Å². The Morgan fingerprint density at radius 2 is 1.46 bits per heavy atom. The molecule has 1 heterocycles. The van der Waals surface area contributed by atoms with Crippen molar-refractivity contribution in [2.45, 2.75) is 39.0 Å².